The molecular weight excluding hydrogens is 428 g/mol. The molecule has 1 N–H and O–H groups in total. The van der Waals surface area contributed by atoms with E-state index in [0.717, 1.165) is 12.1 Å². The molecule has 2 aromatic rings. The van der Waals surface area contributed by atoms with Crippen LogP contribution in [-0.4, -0.2) is 79.2 Å². The van der Waals surface area contributed by atoms with Gasteiger partial charge in [0, 0.05) is 56.3 Å². The van der Waals surface area contributed by atoms with Crippen LogP contribution in [0.4, 0.5) is 0 Å². The third-order valence-corrected chi connectivity index (χ3v) is 7.39. The Hall–Kier alpha value is -3.19. The van der Waals surface area contributed by atoms with Crippen molar-refractivity contribution in [3.05, 3.63) is 71.3 Å². The number of hydrogen-bond acceptors (Lipinski definition) is 4. The van der Waals surface area contributed by atoms with Gasteiger partial charge in [-0.25, -0.2) is 0 Å². The molecule has 4 rings (SSSR count). The van der Waals surface area contributed by atoms with Crippen molar-refractivity contribution in [2.45, 2.75) is 25.8 Å². The van der Waals surface area contributed by atoms with Crippen molar-refractivity contribution >= 4 is 17.7 Å². The average molecular weight is 463 g/mol. The second-order valence-electron chi connectivity index (χ2n) is 9.67. The molecule has 2 heterocycles. The van der Waals surface area contributed by atoms with Gasteiger partial charge in [-0.1, -0.05) is 37.3 Å². The molecule has 0 unspecified atom stereocenters. The minimum absolute atomic E-state index is 0.0330. The fourth-order valence-corrected chi connectivity index (χ4v) is 5.01. The van der Waals surface area contributed by atoms with E-state index in [1.165, 1.54) is 0 Å². The van der Waals surface area contributed by atoms with Crippen LogP contribution in [0.5, 0.6) is 0 Å². The SMILES string of the molecule is CNC(=O)c1cccc([C@@H]2CN(C(=O)C3(C)CCN(C(=O)c4ccccc4)CC3)CCN2C)c1. The number of hydrogen-bond donors (Lipinski definition) is 1. The molecule has 0 radical (unpaired) electrons. The van der Waals surface area contributed by atoms with Crippen LogP contribution in [0.25, 0.3) is 0 Å². The van der Waals surface area contributed by atoms with Gasteiger partial charge < -0.3 is 15.1 Å². The third kappa shape index (κ3) is 4.85. The predicted molar refractivity (Wildman–Crippen MR) is 131 cm³/mol. The number of carbonyl (C=O) groups is 3. The van der Waals surface area contributed by atoms with E-state index in [4.69, 9.17) is 0 Å². The maximum atomic E-state index is 13.7. The number of likely N-dealkylation sites (N-methyl/N-ethyl adjacent to an activating group) is 1. The fourth-order valence-electron chi connectivity index (χ4n) is 5.01. The number of amides is 3. The Morgan fingerprint density at radius 1 is 0.882 bits per heavy atom. The topological polar surface area (TPSA) is 73.0 Å². The van der Waals surface area contributed by atoms with E-state index in [0.29, 0.717) is 50.1 Å². The van der Waals surface area contributed by atoms with Gasteiger partial charge >= 0.3 is 0 Å². The maximum Gasteiger partial charge on any atom is 0.253 e. The van der Waals surface area contributed by atoms with Gasteiger partial charge in [0.2, 0.25) is 5.91 Å². The first-order valence-electron chi connectivity index (χ1n) is 12.0. The lowest BCUT2D eigenvalue weighted by molar-refractivity contribution is -0.146. The summed E-state index contributed by atoms with van der Waals surface area (Å²) in [6.07, 6.45) is 1.32. The van der Waals surface area contributed by atoms with Gasteiger partial charge in [-0.15, -0.1) is 0 Å². The summed E-state index contributed by atoms with van der Waals surface area (Å²) in [7, 11) is 3.69. The van der Waals surface area contributed by atoms with Crippen LogP contribution in [0.3, 0.4) is 0 Å². The number of carbonyl (C=O) groups excluding carboxylic acids is 3. The molecule has 0 bridgehead atoms. The normalized spacial score (nSPS) is 20.6. The maximum absolute atomic E-state index is 13.7. The van der Waals surface area contributed by atoms with E-state index in [1.807, 2.05) is 65.3 Å². The van der Waals surface area contributed by atoms with Crippen molar-refractivity contribution < 1.29 is 14.4 Å². The number of nitrogens with zero attached hydrogens (tertiary/aromatic N) is 3. The molecule has 0 spiro atoms. The molecule has 2 aliphatic rings. The standard InChI is InChI=1S/C27H34N4O3/c1-27(12-14-30(15-13-27)25(33)20-8-5-4-6-9-20)26(34)31-17-16-29(3)23(19-31)21-10-7-11-22(18-21)24(32)28-2/h4-11,18,23H,12-17,19H2,1-3H3,(H,28,32)/t23-/m0/s1. The summed E-state index contributed by atoms with van der Waals surface area (Å²) in [5.74, 6) is 0.0863. The van der Waals surface area contributed by atoms with Crippen molar-refractivity contribution in [3.63, 3.8) is 0 Å². The molecule has 0 aromatic heterocycles. The largest absolute Gasteiger partial charge is 0.355 e. The molecule has 180 valence electrons. The van der Waals surface area contributed by atoms with Crippen LogP contribution in [0.15, 0.2) is 54.6 Å². The number of piperazine rings is 1. The molecular formula is C27H34N4O3. The summed E-state index contributed by atoms with van der Waals surface area (Å²) in [6.45, 7) is 5.26. The number of likely N-dealkylation sites (tertiary alicyclic amines) is 1. The van der Waals surface area contributed by atoms with E-state index in [2.05, 4.69) is 17.3 Å². The van der Waals surface area contributed by atoms with Crippen LogP contribution in [0.1, 0.15) is 52.1 Å². The third-order valence-electron chi connectivity index (χ3n) is 7.39. The molecule has 2 fully saturated rings. The van der Waals surface area contributed by atoms with Crippen molar-refractivity contribution in [2.24, 2.45) is 5.41 Å². The molecule has 0 aliphatic carbocycles. The molecule has 7 heteroatoms. The average Bonchev–Trinajstić information content (AvgIpc) is 2.88. The summed E-state index contributed by atoms with van der Waals surface area (Å²) < 4.78 is 0. The Morgan fingerprint density at radius 3 is 2.24 bits per heavy atom. The summed E-state index contributed by atoms with van der Waals surface area (Å²) in [4.78, 5) is 44.7. The first-order valence-corrected chi connectivity index (χ1v) is 12.0. The second kappa shape index (κ2) is 9.97. The van der Waals surface area contributed by atoms with E-state index < -0.39 is 5.41 Å². The van der Waals surface area contributed by atoms with Gasteiger partial charge in [-0.3, -0.25) is 19.3 Å². The lowest BCUT2D eigenvalue weighted by Gasteiger charge is -2.45. The van der Waals surface area contributed by atoms with Gasteiger partial charge in [0.1, 0.15) is 0 Å². The Balaban J connectivity index is 1.43. The first-order chi connectivity index (χ1) is 16.3. The highest BCUT2D eigenvalue weighted by Crippen LogP contribution is 2.35. The second-order valence-corrected chi connectivity index (χ2v) is 9.67. The quantitative estimate of drug-likeness (QED) is 0.759. The monoisotopic (exact) mass is 462 g/mol. The molecule has 7 nitrogen and oxygen atoms in total. The zero-order valence-corrected chi connectivity index (χ0v) is 20.3. The number of piperidine rings is 1. The molecule has 2 saturated heterocycles. The van der Waals surface area contributed by atoms with Gasteiger partial charge in [-0.2, -0.15) is 0 Å². The van der Waals surface area contributed by atoms with Gasteiger partial charge in [0.25, 0.3) is 11.8 Å². The minimum atomic E-state index is -0.474. The summed E-state index contributed by atoms with van der Waals surface area (Å²) in [6, 6.07) is 17.0. The minimum Gasteiger partial charge on any atom is -0.355 e. The molecule has 34 heavy (non-hydrogen) atoms. The first kappa shape index (κ1) is 24.0. The van der Waals surface area contributed by atoms with Crippen molar-refractivity contribution in [1.29, 1.82) is 0 Å². The van der Waals surface area contributed by atoms with Gasteiger partial charge in [0.15, 0.2) is 0 Å². The van der Waals surface area contributed by atoms with Crippen molar-refractivity contribution in [2.75, 3.05) is 46.8 Å². The highest BCUT2D eigenvalue weighted by molar-refractivity contribution is 5.95. The van der Waals surface area contributed by atoms with Crippen LogP contribution >= 0.6 is 0 Å². The predicted octanol–water partition coefficient (Wildman–Crippen LogP) is 2.80. The molecule has 0 saturated carbocycles. The lowest BCUT2D eigenvalue weighted by atomic mass is 9.78. The van der Waals surface area contributed by atoms with E-state index in [9.17, 15) is 14.4 Å². The Morgan fingerprint density at radius 2 is 1.56 bits per heavy atom. The Labute approximate surface area is 201 Å². The van der Waals surface area contributed by atoms with E-state index >= 15 is 0 Å². The number of benzene rings is 2. The smallest absolute Gasteiger partial charge is 0.253 e. The Kier molecular flexibility index (Phi) is 7.03. The molecule has 2 aromatic carbocycles. The van der Waals surface area contributed by atoms with Crippen LogP contribution in [0.2, 0.25) is 0 Å². The van der Waals surface area contributed by atoms with Gasteiger partial charge in [-0.05, 0) is 49.7 Å². The van der Waals surface area contributed by atoms with Crippen molar-refractivity contribution in [1.82, 2.24) is 20.0 Å². The lowest BCUT2D eigenvalue weighted by Crippen LogP contribution is -2.55. The van der Waals surface area contributed by atoms with Crippen LogP contribution < -0.4 is 5.32 Å². The summed E-state index contributed by atoms with van der Waals surface area (Å²) in [5.41, 5.74) is 1.88. The fraction of sp³-hybridized carbons (Fsp3) is 0.444. The van der Waals surface area contributed by atoms with E-state index in [-0.39, 0.29) is 23.8 Å². The summed E-state index contributed by atoms with van der Waals surface area (Å²) >= 11 is 0. The highest BCUT2D eigenvalue weighted by atomic mass is 16.2. The Bertz CT molecular complexity index is 1050. The van der Waals surface area contributed by atoms with E-state index in [1.54, 1.807) is 13.1 Å². The number of rotatable bonds is 4. The zero-order chi connectivity index (χ0) is 24.3. The van der Waals surface area contributed by atoms with Crippen molar-refractivity contribution in [3.8, 4) is 0 Å². The highest BCUT2D eigenvalue weighted by Gasteiger charge is 2.42. The van der Waals surface area contributed by atoms with Gasteiger partial charge in [0.05, 0.1) is 6.04 Å². The summed E-state index contributed by atoms with van der Waals surface area (Å²) in [5, 5.41) is 2.67. The molecule has 1 atom stereocenters. The molecule has 2 aliphatic heterocycles. The van der Waals surface area contributed by atoms with Crippen LogP contribution in [0, 0.1) is 5.41 Å². The molecule has 3 amide bonds. The zero-order valence-electron chi connectivity index (χ0n) is 20.3. The van der Waals surface area contributed by atoms with Crippen LogP contribution in [-0.2, 0) is 4.79 Å². The number of nitrogens with one attached hydrogen (secondary N) is 1.